The first kappa shape index (κ1) is 12.8. The molecule has 0 aliphatic carbocycles. The average molecular weight is 250 g/mol. The van der Waals surface area contributed by atoms with Crippen molar-refractivity contribution < 1.29 is 9.90 Å². The maximum Gasteiger partial charge on any atom is 0.272 e. The number of carbonyl (C=O) groups excluding carboxylic acids is 1. The van der Waals surface area contributed by atoms with E-state index in [2.05, 4.69) is 10.4 Å². The molecule has 0 bridgehead atoms. The van der Waals surface area contributed by atoms with E-state index in [-0.39, 0.29) is 5.91 Å². The summed E-state index contributed by atoms with van der Waals surface area (Å²) in [5.74, 6) is 5.54. The zero-order chi connectivity index (χ0) is 13.2. The molecule has 1 atom stereocenters. The molecule has 1 amide bonds. The summed E-state index contributed by atoms with van der Waals surface area (Å²) in [5.41, 5.74) is 1.94. The Hall–Kier alpha value is -1.66. The third-order valence-corrected chi connectivity index (χ3v) is 3.08. The predicted octanol–water partition coefficient (Wildman–Crippen LogP) is 0.354. The van der Waals surface area contributed by atoms with Crippen LogP contribution in [0, 0.1) is 0 Å². The van der Waals surface area contributed by atoms with Gasteiger partial charge in [-0.2, -0.15) is 0 Å². The Morgan fingerprint density at radius 3 is 3.06 bits per heavy atom. The first-order valence-electron chi connectivity index (χ1n) is 5.97. The summed E-state index contributed by atoms with van der Waals surface area (Å²) < 4.78 is 0. The summed E-state index contributed by atoms with van der Waals surface area (Å²) in [6.45, 7) is 2.74. The number of rotatable bonds is 2. The third kappa shape index (κ3) is 2.77. The summed E-state index contributed by atoms with van der Waals surface area (Å²) >= 11 is 0. The van der Waals surface area contributed by atoms with Crippen molar-refractivity contribution in [2.24, 2.45) is 5.84 Å². The molecule has 0 saturated carbocycles. The van der Waals surface area contributed by atoms with E-state index >= 15 is 0 Å². The van der Waals surface area contributed by atoms with E-state index in [1.165, 1.54) is 0 Å². The van der Waals surface area contributed by atoms with Crippen molar-refractivity contribution >= 4 is 11.7 Å². The molecule has 2 heterocycles. The molecule has 1 unspecified atom stereocenters. The van der Waals surface area contributed by atoms with Crippen LogP contribution in [0.3, 0.4) is 0 Å². The van der Waals surface area contributed by atoms with Gasteiger partial charge in [-0.25, -0.2) is 10.8 Å². The molecule has 0 aromatic carbocycles. The minimum atomic E-state index is -0.808. The van der Waals surface area contributed by atoms with E-state index in [1.807, 2.05) is 0 Å². The number of aromatic nitrogens is 1. The van der Waals surface area contributed by atoms with Crippen LogP contribution < -0.4 is 11.3 Å². The van der Waals surface area contributed by atoms with Gasteiger partial charge in [0.2, 0.25) is 0 Å². The lowest BCUT2D eigenvalue weighted by Crippen LogP contribution is -2.48. The molecule has 1 aromatic heterocycles. The Bertz CT molecular complexity index is 447. The molecule has 98 valence electrons. The Kier molecular flexibility index (Phi) is 3.49. The number of likely N-dealkylation sites (tertiary alicyclic amines) is 1. The zero-order valence-corrected chi connectivity index (χ0v) is 10.4. The lowest BCUT2D eigenvalue weighted by Gasteiger charge is -2.36. The molecule has 1 aliphatic heterocycles. The van der Waals surface area contributed by atoms with Gasteiger partial charge in [-0.15, -0.1) is 0 Å². The van der Waals surface area contributed by atoms with Gasteiger partial charge >= 0.3 is 0 Å². The minimum absolute atomic E-state index is 0.174. The molecule has 1 saturated heterocycles. The molecule has 1 aliphatic rings. The molecule has 18 heavy (non-hydrogen) atoms. The first-order chi connectivity index (χ1) is 8.52. The second-order valence-corrected chi connectivity index (χ2v) is 4.88. The Balaban J connectivity index is 2.15. The topological polar surface area (TPSA) is 91.5 Å². The number of nitrogens with zero attached hydrogens (tertiary/aromatic N) is 2. The summed E-state index contributed by atoms with van der Waals surface area (Å²) in [6.07, 6.45) is 1.52. The molecule has 6 nitrogen and oxygen atoms in total. The van der Waals surface area contributed by atoms with Crippen molar-refractivity contribution in [3.63, 3.8) is 0 Å². The number of nitrogen functional groups attached to an aromatic ring is 1. The molecule has 0 spiro atoms. The first-order valence-corrected chi connectivity index (χ1v) is 5.97. The highest BCUT2D eigenvalue weighted by atomic mass is 16.3. The molecule has 4 N–H and O–H groups in total. The van der Waals surface area contributed by atoms with Crippen molar-refractivity contribution in [2.75, 3.05) is 18.5 Å². The minimum Gasteiger partial charge on any atom is -0.388 e. The van der Waals surface area contributed by atoms with Crippen molar-refractivity contribution in [2.45, 2.75) is 25.4 Å². The van der Waals surface area contributed by atoms with E-state index in [1.54, 1.807) is 30.0 Å². The number of amides is 1. The Labute approximate surface area is 106 Å². The van der Waals surface area contributed by atoms with E-state index in [0.29, 0.717) is 31.0 Å². The smallest absolute Gasteiger partial charge is 0.272 e. The average Bonchev–Trinajstić information content (AvgIpc) is 2.37. The van der Waals surface area contributed by atoms with E-state index in [0.717, 1.165) is 6.42 Å². The van der Waals surface area contributed by atoms with Crippen LogP contribution in [0.2, 0.25) is 0 Å². The monoisotopic (exact) mass is 250 g/mol. The molecule has 2 rings (SSSR count). The summed E-state index contributed by atoms with van der Waals surface area (Å²) in [6, 6.07) is 5.05. The van der Waals surface area contributed by atoms with Crippen molar-refractivity contribution in [3.8, 4) is 0 Å². The number of hydrogen-bond acceptors (Lipinski definition) is 5. The molecular weight excluding hydrogens is 232 g/mol. The molecular formula is C12H18N4O2. The summed E-state index contributed by atoms with van der Waals surface area (Å²) in [5, 5.41) is 9.99. The van der Waals surface area contributed by atoms with Crippen LogP contribution in [0.25, 0.3) is 0 Å². The van der Waals surface area contributed by atoms with Gasteiger partial charge in [-0.05, 0) is 31.9 Å². The van der Waals surface area contributed by atoms with Crippen LogP contribution in [0.1, 0.15) is 30.3 Å². The maximum absolute atomic E-state index is 12.2. The number of piperidine rings is 1. The van der Waals surface area contributed by atoms with Crippen LogP contribution in [-0.4, -0.2) is 39.6 Å². The van der Waals surface area contributed by atoms with Crippen LogP contribution in [0.15, 0.2) is 18.2 Å². The fraction of sp³-hybridized carbons (Fsp3) is 0.500. The van der Waals surface area contributed by atoms with Gasteiger partial charge < -0.3 is 15.4 Å². The van der Waals surface area contributed by atoms with Gasteiger partial charge in [0, 0.05) is 13.1 Å². The number of hydrogen-bond donors (Lipinski definition) is 3. The summed E-state index contributed by atoms with van der Waals surface area (Å²) in [4.78, 5) is 18.0. The van der Waals surface area contributed by atoms with E-state index < -0.39 is 5.60 Å². The van der Waals surface area contributed by atoms with E-state index in [9.17, 15) is 9.90 Å². The number of carbonyl (C=O) groups is 1. The van der Waals surface area contributed by atoms with Gasteiger partial charge in [0.1, 0.15) is 11.5 Å². The van der Waals surface area contributed by atoms with Gasteiger partial charge in [-0.1, -0.05) is 6.07 Å². The standard InChI is InChI=1S/C12H18N4O2/c1-12(18)6-3-7-16(8-12)11(17)9-4-2-5-10(14-9)15-13/h2,4-5,18H,3,6-8,13H2,1H3,(H,14,15). The largest absolute Gasteiger partial charge is 0.388 e. The van der Waals surface area contributed by atoms with Crippen molar-refractivity contribution in [3.05, 3.63) is 23.9 Å². The highest BCUT2D eigenvalue weighted by Gasteiger charge is 2.31. The fourth-order valence-electron chi connectivity index (χ4n) is 2.19. The lowest BCUT2D eigenvalue weighted by molar-refractivity contribution is -0.0109. The second-order valence-electron chi connectivity index (χ2n) is 4.88. The number of nitrogens with two attached hydrogens (primary N) is 1. The van der Waals surface area contributed by atoms with Crippen LogP contribution in [0.5, 0.6) is 0 Å². The summed E-state index contributed by atoms with van der Waals surface area (Å²) in [7, 11) is 0. The predicted molar refractivity (Wildman–Crippen MR) is 67.8 cm³/mol. The molecule has 6 heteroatoms. The number of nitrogens with one attached hydrogen (secondary N) is 1. The van der Waals surface area contributed by atoms with Gasteiger partial charge in [0.05, 0.1) is 5.60 Å². The van der Waals surface area contributed by atoms with Gasteiger partial charge in [-0.3, -0.25) is 4.79 Å². The van der Waals surface area contributed by atoms with Crippen LogP contribution >= 0.6 is 0 Å². The zero-order valence-electron chi connectivity index (χ0n) is 10.4. The highest BCUT2D eigenvalue weighted by Crippen LogP contribution is 2.21. The molecule has 1 aromatic rings. The van der Waals surface area contributed by atoms with Crippen LogP contribution in [0.4, 0.5) is 5.82 Å². The maximum atomic E-state index is 12.2. The highest BCUT2D eigenvalue weighted by molar-refractivity contribution is 5.92. The Morgan fingerprint density at radius 2 is 2.39 bits per heavy atom. The molecule has 1 fully saturated rings. The fourth-order valence-corrected chi connectivity index (χ4v) is 2.19. The van der Waals surface area contributed by atoms with Crippen molar-refractivity contribution in [1.82, 2.24) is 9.88 Å². The van der Waals surface area contributed by atoms with Gasteiger partial charge in [0.25, 0.3) is 5.91 Å². The number of pyridine rings is 1. The number of hydrazine groups is 1. The van der Waals surface area contributed by atoms with Gasteiger partial charge in [0.15, 0.2) is 0 Å². The van der Waals surface area contributed by atoms with Crippen molar-refractivity contribution in [1.29, 1.82) is 0 Å². The Morgan fingerprint density at radius 1 is 1.61 bits per heavy atom. The quantitative estimate of drug-likeness (QED) is 0.520. The van der Waals surface area contributed by atoms with E-state index in [4.69, 9.17) is 5.84 Å². The second kappa shape index (κ2) is 4.91. The van der Waals surface area contributed by atoms with Crippen LogP contribution in [-0.2, 0) is 0 Å². The normalized spacial score (nSPS) is 23.8. The lowest BCUT2D eigenvalue weighted by atomic mass is 9.95. The number of anilines is 1. The number of aliphatic hydroxyl groups is 1. The SMILES string of the molecule is CC1(O)CCCN(C(=O)c2cccc(NN)n2)C1. The third-order valence-electron chi connectivity index (χ3n) is 3.08. The number of β-amino-alcohol motifs (C(OH)–C–C–N with tert-alkyl or cyclic N) is 1. The molecule has 0 radical (unpaired) electrons.